The number of aromatic nitrogens is 2. The smallest absolute Gasteiger partial charge is 0.346 e. The Labute approximate surface area is 161 Å². The van der Waals surface area contributed by atoms with Crippen molar-refractivity contribution in [3.05, 3.63) is 50.3 Å². The molecule has 5 nitrogen and oxygen atoms in total. The van der Waals surface area contributed by atoms with Crippen molar-refractivity contribution >= 4 is 43.6 Å². The highest BCUT2D eigenvalue weighted by atomic mass is 79.9. The molecule has 26 heavy (non-hydrogen) atoms. The fourth-order valence-corrected chi connectivity index (χ4v) is 4.27. The number of aromatic carboxylic acids is 1. The van der Waals surface area contributed by atoms with Gasteiger partial charge in [0, 0.05) is 17.5 Å². The van der Waals surface area contributed by atoms with E-state index in [0.717, 1.165) is 45.7 Å². The number of nitrogens with zero attached hydrogens (tertiary/aromatic N) is 2. The highest BCUT2D eigenvalue weighted by molar-refractivity contribution is 9.10. The monoisotopic (exact) mass is 438 g/mol. The molecule has 1 fully saturated rings. The minimum atomic E-state index is -0.962. The Morgan fingerprint density at radius 3 is 2.92 bits per heavy atom. The van der Waals surface area contributed by atoms with Crippen LogP contribution in [-0.2, 0) is 17.7 Å². The zero-order valence-corrected chi connectivity index (χ0v) is 16.4. The lowest BCUT2D eigenvalue weighted by Gasteiger charge is -2.27. The maximum atomic E-state index is 14.4. The molecule has 2 aromatic heterocycles. The van der Waals surface area contributed by atoms with Crippen LogP contribution in [0.4, 0.5) is 4.39 Å². The van der Waals surface area contributed by atoms with Gasteiger partial charge in [-0.25, -0.2) is 14.2 Å². The van der Waals surface area contributed by atoms with E-state index in [9.17, 15) is 14.3 Å². The SMILES string of the molecule is Cc1cc(Cc2nc3sc(C(=O)O)cc3n2C[C@@H]2CCO2)c(F)cc1Br. The van der Waals surface area contributed by atoms with Gasteiger partial charge < -0.3 is 14.4 Å². The number of benzene rings is 1. The molecule has 4 rings (SSSR count). The molecule has 1 atom stereocenters. The van der Waals surface area contributed by atoms with Gasteiger partial charge >= 0.3 is 5.97 Å². The van der Waals surface area contributed by atoms with Crippen LogP contribution in [0, 0.1) is 12.7 Å². The van der Waals surface area contributed by atoms with Crippen molar-refractivity contribution in [1.82, 2.24) is 9.55 Å². The zero-order valence-electron chi connectivity index (χ0n) is 14.0. The predicted molar refractivity (Wildman–Crippen MR) is 101 cm³/mol. The van der Waals surface area contributed by atoms with Crippen LogP contribution in [0.2, 0.25) is 0 Å². The third kappa shape index (κ3) is 3.17. The maximum Gasteiger partial charge on any atom is 0.346 e. The van der Waals surface area contributed by atoms with Gasteiger partial charge in [0.05, 0.1) is 18.2 Å². The zero-order chi connectivity index (χ0) is 18.4. The molecule has 1 aromatic carbocycles. The Kier molecular flexibility index (Phi) is 4.58. The van der Waals surface area contributed by atoms with Crippen molar-refractivity contribution in [2.75, 3.05) is 6.61 Å². The number of imidazole rings is 1. The van der Waals surface area contributed by atoms with Gasteiger partial charge in [0.1, 0.15) is 21.3 Å². The van der Waals surface area contributed by atoms with Crippen molar-refractivity contribution in [1.29, 1.82) is 0 Å². The van der Waals surface area contributed by atoms with E-state index >= 15 is 0 Å². The van der Waals surface area contributed by atoms with Crippen molar-refractivity contribution in [2.24, 2.45) is 0 Å². The summed E-state index contributed by atoms with van der Waals surface area (Å²) in [5.41, 5.74) is 2.29. The van der Waals surface area contributed by atoms with Crippen LogP contribution in [-0.4, -0.2) is 33.3 Å². The number of halogens is 2. The second-order valence-corrected chi connectivity index (χ2v) is 8.28. The van der Waals surface area contributed by atoms with Gasteiger partial charge in [0.15, 0.2) is 0 Å². The molecule has 0 saturated carbocycles. The third-order valence-corrected chi connectivity index (χ3v) is 6.45. The van der Waals surface area contributed by atoms with Gasteiger partial charge in [-0.3, -0.25) is 0 Å². The lowest BCUT2D eigenvalue weighted by Crippen LogP contribution is -2.31. The molecule has 3 heterocycles. The number of fused-ring (bicyclic) bond motifs is 1. The predicted octanol–water partition coefficient (Wildman–Crippen LogP) is 4.39. The molecule has 0 spiro atoms. The van der Waals surface area contributed by atoms with Crippen LogP contribution in [0.3, 0.4) is 0 Å². The summed E-state index contributed by atoms with van der Waals surface area (Å²) in [6.45, 7) is 3.25. The number of hydrogen-bond donors (Lipinski definition) is 1. The van der Waals surface area contributed by atoms with Gasteiger partial charge in [0.25, 0.3) is 0 Å². The van der Waals surface area contributed by atoms with E-state index in [0.29, 0.717) is 23.4 Å². The van der Waals surface area contributed by atoms with Gasteiger partial charge in [-0.1, -0.05) is 22.0 Å². The second-order valence-electron chi connectivity index (χ2n) is 6.40. The summed E-state index contributed by atoms with van der Waals surface area (Å²) < 4.78 is 22.6. The Morgan fingerprint density at radius 1 is 1.50 bits per heavy atom. The fourth-order valence-electron chi connectivity index (χ4n) is 3.06. The molecule has 1 N–H and O–H groups in total. The summed E-state index contributed by atoms with van der Waals surface area (Å²) in [5, 5.41) is 9.23. The molecule has 136 valence electrons. The van der Waals surface area contributed by atoms with Crippen molar-refractivity contribution < 1.29 is 19.0 Å². The molecule has 0 bridgehead atoms. The molecule has 3 aromatic rings. The Hall–Kier alpha value is -1.77. The summed E-state index contributed by atoms with van der Waals surface area (Å²) in [6, 6.07) is 4.92. The van der Waals surface area contributed by atoms with E-state index < -0.39 is 5.97 Å². The molecule has 0 aliphatic carbocycles. The topological polar surface area (TPSA) is 64.3 Å². The molecule has 0 amide bonds. The van der Waals surface area contributed by atoms with Gasteiger partial charge in [-0.15, -0.1) is 11.3 Å². The lowest BCUT2D eigenvalue weighted by molar-refractivity contribution is -0.0589. The highest BCUT2D eigenvalue weighted by Crippen LogP contribution is 2.30. The molecule has 1 aliphatic heterocycles. The first-order valence-corrected chi connectivity index (χ1v) is 9.81. The normalized spacial score (nSPS) is 16.8. The van der Waals surface area contributed by atoms with E-state index in [-0.39, 0.29) is 16.8 Å². The number of aryl methyl sites for hydroxylation is 1. The summed E-state index contributed by atoms with van der Waals surface area (Å²) in [7, 11) is 0. The Morgan fingerprint density at radius 2 is 2.27 bits per heavy atom. The number of carbonyl (C=O) groups is 1. The van der Waals surface area contributed by atoms with E-state index in [4.69, 9.17) is 4.74 Å². The summed E-state index contributed by atoms with van der Waals surface area (Å²) >= 11 is 4.48. The molecule has 0 unspecified atom stereocenters. The first-order valence-electron chi connectivity index (χ1n) is 8.20. The molecule has 1 aliphatic rings. The minimum absolute atomic E-state index is 0.0934. The van der Waals surface area contributed by atoms with Crippen LogP contribution < -0.4 is 0 Å². The number of carboxylic acids is 1. The third-order valence-electron chi connectivity index (χ3n) is 4.59. The Balaban J connectivity index is 1.75. The standard InChI is InChI=1S/C18H16BrFN2O3S/c1-9-4-10(13(20)6-12(9)19)5-16-21-17-14(7-15(26-17)18(23)24)22(16)8-11-2-3-25-11/h4,6-7,11H,2-3,5,8H2,1H3,(H,23,24)/t11-/m0/s1. The van der Waals surface area contributed by atoms with Gasteiger partial charge in [-0.2, -0.15) is 0 Å². The number of thiophene rings is 1. The van der Waals surface area contributed by atoms with Gasteiger partial charge in [-0.05, 0) is 36.6 Å². The summed E-state index contributed by atoms with van der Waals surface area (Å²) in [4.78, 5) is 16.8. The van der Waals surface area contributed by atoms with E-state index in [1.807, 2.05) is 17.6 Å². The van der Waals surface area contributed by atoms with Crippen LogP contribution in [0.5, 0.6) is 0 Å². The fraction of sp³-hybridized carbons (Fsp3) is 0.333. The molecule has 1 saturated heterocycles. The average Bonchev–Trinajstić information content (AvgIpc) is 3.07. The van der Waals surface area contributed by atoms with Crippen LogP contribution in [0.1, 0.15) is 33.0 Å². The quantitative estimate of drug-likeness (QED) is 0.641. The second kappa shape index (κ2) is 6.75. The van der Waals surface area contributed by atoms with Crippen LogP contribution in [0.15, 0.2) is 22.7 Å². The molecular formula is C18H16BrFN2O3S. The average molecular weight is 439 g/mol. The first-order chi connectivity index (χ1) is 12.4. The molecule has 0 radical (unpaired) electrons. The number of hydrogen-bond acceptors (Lipinski definition) is 4. The highest BCUT2D eigenvalue weighted by Gasteiger charge is 2.24. The minimum Gasteiger partial charge on any atom is -0.477 e. The first kappa shape index (κ1) is 17.6. The molecule has 8 heteroatoms. The van der Waals surface area contributed by atoms with E-state index in [1.54, 1.807) is 6.07 Å². The summed E-state index contributed by atoms with van der Waals surface area (Å²) in [5.74, 6) is -0.526. The van der Waals surface area contributed by atoms with Crippen molar-refractivity contribution in [2.45, 2.75) is 32.4 Å². The number of ether oxygens (including phenoxy) is 1. The Bertz CT molecular complexity index is 1010. The number of carboxylic acid groups (broad SMARTS) is 1. The number of rotatable bonds is 5. The van der Waals surface area contributed by atoms with Gasteiger partial charge in [0.2, 0.25) is 0 Å². The largest absolute Gasteiger partial charge is 0.477 e. The van der Waals surface area contributed by atoms with E-state index in [1.165, 1.54) is 6.07 Å². The maximum absolute atomic E-state index is 14.4. The molecular weight excluding hydrogens is 423 g/mol. The van der Waals surface area contributed by atoms with Crippen LogP contribution in [0.25, 0.3) is 10.3 Å². The van der Waals surface area contributed by atoms with Crippen LogP contribution >= 0.6 is 27.3 Å². The summed E-state index contributed by atoms with van der Waals surface area (Å²) in [6.07, 6.45) is 1.40. The van der Waals surface area contributed by atoms with Crippen molar-refractivity contribution in [3.63, 3.8) is 0 Å². The van der Waals surface area contributed by atoms with E-state index in [2.05, 4.69) is 20.9 Å². The van der Waals surface area contributed by atoms with Crippen molar-refractivity contribution in [3.8, 4) is 0 Å². The lowest BCUT2D eigenvalue weighted by atomic mass is 10.1.